The van der Waals surface area contributed by atoms with Crippen molar-refractivity contribution in [2.45, 2.75) is 41.0 Å². The van der Waals surface area contributed by atoms with Crippen LogP contribution in [0.5, 0.6) is 0 Å². The average molecular weight is 254 g/mol. The van der Waals surface area contributed by atoms with Crippen molar-refractivity contribution in [2.75, 3.05) is 13.2 Å². The highest BCUT2D eigenvalue weighted by molar-refractivity contribution is 5.66. The fourth-order valence-corrected chi connectivity index (χ4v) is 2.39. The zero-order valence-corrected chi connectivity index (χ0v) is 11.8. The van der Waals surface area contributed by atoms with E-state index in [-0.39, 0.29) is 17.4 Å². The second kappa shape index (κ2) is 5.55. The molecular formula is C14H22O4. The van der Waals surface area contributed by atoms with Gasteiger partial charge >= 0.3 is 11.9 Å². The van der Waals surface area contributed by atoms with E-state index in [9.17, 15) is 9.59 Å². The van der Waals surface area contributed by atoms with Gasteiger partial charge in [-0.15, -0.1) is 0 Å². The second-order valence-corrected chi connectivity index (χ2v) is 5.46. The second-order valence-electron chi connectivity index (χ2n) is 5.46. The van der Waals surface area contributed by atoms with Crippen molar-refractivity contribution in [1.82, 2.24) is 0 Å². The molecule has 0 bridgehead atoms. The minimum atomic E-state index is -0.261. The molecule has 18 heavy (non-hydrogen) atoms. The first-order valence-electron chi connectivity index (χ1n) is 6.21. The summed E-state index contributed by atoms with van der Waals surface area (Å²) in [5, 5.41) is 0. The van der Waals surface area contributed by atoms with Gasteiger partial charge in [0.1, 0.15) is 6.61 Å². The molecule has 1 rings (SSSR count). The van der Waals surface area contributed by atoms with E-state index >= 15 is 0 Å². The third kappa shape index (κ3) is 3.34. The molecule has 1 fully saturated rings. The van der Waals surface area contributed by atoms with Gasteiger partial charge in [0.25, 0.3) is 0 Å². The van der Waals surface area contributed by atoms with Crippen LogP contribution in [0.4, 0.5) is 0 Å². The van der Waals surface area contributed by atoms with Crippen LogP contribution in [0.1, 0.15) is 41.0 Å². The van der Waals surface area contributed by atoms with Crippen molar-refractivity contribution in [1.29, 1.82) is 0 Å². The van der Waals surface area contributed by atoms with Gasteiger partial charge in [-0.05, 0) is 24.3 Å². The fourth-order valence-electron chi connectivity index (χ4n) is 2.39. The van der Waals surface area contributed by atoms with Gasteiger partial charge in [0.05, 0.1) is 6.61 Å². The summed E-state index contributed by atoms with van der Waals surface area (Å²) in [7, 11) is 0. The maximum Gasteiger partial charge on any atom is 0.302 e. The van der Waals surface area contributed by atoms with Crippen molar-refractivity contribution in [2.24, 2.45) is 11.3 Å². The molecule has 0 spiro atoms. The lowest BCUT2D eigenvalue weighted by Gasteiger charge is -2.48. The average Bonchev–Trinajstić information content (AvgIpc) is 2.24. The van der Waals surface area contributed by atoms with E-state index < -0.39 is 0 Å². The summed E-state index contributed by atoms with van der Waals surface area (Å²) in [5.74, 6) is -0.146. The Labute approximate surface area is 108 Å². The van der Waals surface area contributed by atoms with Gasteiger partial charge in [-0.3, -0.25) is 9.59 Å². The third-order valence-corrected chi connectivity index (χ3v) is 3.74. The first kappa shape index (κ1) is 14.7. The number of ether oxygens (including phenoxy) is 2. The molecular weight excluding hydrogens is 232 g/mol. The lowest BCUT2D eigenvalue weighted by atomic mass is 9.58. The topological polar surface area (TPSA) is 52.6 Å². The molecule has 0 aliphatic heterocycles. The Bertz CT molecular complexity index is 379. The van der Waals surface area contributed by atoms with Crippen LogP contribution in [0.15, 0.2) is 11.1 Å². The summed E-state index contributed by atoms with van der Waals surface area (Å²) in [5.41, 5.74) is 2.43. The highest BCUT2D eigenvalue weighted by Gasteiger charge is 2.44. The normalized spacial score (nSPS) is 23.9. The predicted octanol–water partition coefficient (Wildman–Crippen LogP) is 2.48. The molecule has 1 atom stereocenters. The number of allylic oxidation sites excluding steroid dienone is 1. The molecule has 4 heteroatoms. The van der Waals surface area contributed by atoms with Crippen LogP contribution < -0.4 is 0 Å². The Morgan fingerprint density at radius 3 is 2.17 bits per heavy atom. The van der Waals surface area contributed by atoms with Gasteiger partial charge in [0, 0.05) is 19.8 Å². The minimum absolute atomic E-state index is 0.0136. The van der Waals surface area contributed by atoms with Crippen molar-refractivity contribution in [3.05, 3.63) is 11.1 Å². The van der Waals surface area contributed by atoms with Crippen molar-refractivity contribution in [3.8, 4) is 0 Å². The number of esters is 2. The highest BCUT2D eigenvalue weighted by atomic mass is 16.5. The molecule has 0 heterocycles. The molecule has 0 N–H and O–H groups in total. The molecule has 0 aromatic rings. The van der Waals surface area contributed by atoms with Crippen LogP contribution in [-0.4, -0.2) is 25.2 Å². The lowest BCUT2D eigenvalue weighted by Crippen LogP contribution is -2.42. The standard InChI is InChI=1S/C14H22O4/c1-9(7-17-10(2)15)13-6-12(14(13,4)5)8-18-11(3)16/h12H,6-8H2,1-5H3/b13-9-. The Morgan fingerprint density at radius 1 is 1.17 bits per heavy atom. The largest absolute Gasteiger partial charge is 0.466 e. The third-order valence-electron chi connectivity index (χ3n) is 3.74. The summed E-state index contributed by atoms with van der Waals surface area (Å²) in [4.78, 5) is 21.6. The molecule has 1 saturated carbocycles. The fraction of sp³-hybridized carbons (Fsp3) is 0.714. The number of hydrogen-bond donors (Lipinski definition) is 0. The van der Waals surface area contributed by atoms with Crippen molar-refractivity contribution >= 4 is 11.9 Å². The van der Waals surface area contributed by atoms with Gasteiger partial charge in [-0.1, -0.05) is 19.4 Å². The molecule has 1 aliphatic rings. The number of carbonyl (C=O) groups is 2. The molecule has 0 amide bonds. The molecule has 1 unspecified atom stereocenters. The van der Waals surface area contributed by atoms with Crippen LogP contribution >= 0.6 is 0 Å². The SMILES string of the molecule is CC(=O)OC/C(C)=C1/CC(COC(C)=O)C1(C)C. The molecule has 0 aromatic heterocycles. The Balaban J connectivity index is 2.59. The zero-order chi connectivity index (χ0) is 13.9. The maximum absolute atomic E-state index is 10.8. The summed E-state index contributed by atoms with van der Waals surface area (Å²) >= 11 is 0. The number of carbonyl (C=O) groups excluding carboxylic acids is 2. The zero-order valence-electron chi connectivity index (χ0n) is 11.8. The van der Waals surface area contributed by atoms with E-state index in [2.05, 4.69) is 13.8 Å². The van der Waals surface area contributed by atoms with Crippen LogP contribution in [-0.2, 0) is 19.1 Å². The van der Waals surface area contributed by atoms with Crippen LogP contribution in [0.25, 0.3) is 0 Å². The summed E-state index contributed by atoms with van der Waals surface area (Å²) in [6.45, 7) is 9.92. The van der Waals surface area contributed by atoms with E-state index in [1.807, 2.05) is 6.92 Å². The molecule has 1 aliphatic carbocycles. The van der Waals surface area contributed by atoms with Crippen LogP contribution in [0, 0.1) is 11.3 Å². The molecule has 0 saturated heterocycles. The Kier molecular flexibility index (Phi) is 4.54. The summed E-state index contributed by atoms with van der Waals surface area (Å²) in [6.07, 6.45) is 0.910. The lowest BCUT2D eigenvalue weighted by molar-refractivity contribution is -0.144. The summed E-state index contributed by atoms with van der Waals surface area (Å²) < 4.78 is 10.1. The Morgan fingerprint density at radius 2 is 1.72 bits per heavy atom. The van der Waals surface area contributed by atoms with Gasteiger partial charge < -0.3 is 9.47 Å². The van der Waals surface area contributed by atoms with E-state index in [0.29, 0.717) is 19.1 Å². The van der Waals surface area contributed by atoms with Gasteiger partial charge in [-0.25, -0.2) is 0 Å². The highest BCUT2D eigenvalue weighted by Crippen LogP contribution is 2.52. The molecule has 0 radical (unpaired) electrons. The van der Waals surface area contributed by atoms with E-state index in [4.69, 9.17) is 9.47 Å². The quantitative estimate of drug-likeness (QED) is 0.571. The van der Waals surface area contributed by atoms with E-state index in [1.54, 1.807) is 0 Å². The van der Waals surface area contributed by atoms with E-state index in [1.165, 1.54) is 19.4 Å². The van der Waals surface area contributed by atoms with Crippen LogP contribution in [0.2, 0.25) is 0 Å². The monoisotopic (exact) mass is 254 g/mol. The first-order valence-corrected chi connectivity index (χ1v) is 6.21. The molecule has 0 aromatic carbocycles. The van der Waals surface area contributed by atoms with Gasteiger partial charge in [0.15, 0.2) is 0 Å². The number of rotatable bonds is 4. The molecule has 4 nitrogen and oxygen atoms in total. The maximum atomic E-state index is 10.8. The number of hydrogen-bond acceptors (Lipinski definition) is 4. The first-order chi connectivity index (χ1) is 8.25. The van der Waals surface area contributed by atoms with E-state index in [0.717, 1.165) is 12.0 Å². The van der Waals surface area contributed by atoms with Crippen molar-refractivity contribution in [3.63, 3.8) is 0 Å². The summed E-state index contributed by atoms with van der Waals surface area (Å²) in [6, 6.07) is 0. The van der Waals surface area contributed by atoms with Crippen LogP contribution in [0.3, 0.4) is 0 Å². The molecule has 102 valence electrons. The smallest absolute Gasteiger partial charge is 0.302 e. The van der Waals surface area contributed by atoms with Crippen molar-refractivity contribution < 1.29 is 19.1 Å². The Hall–Kier alpha value is -1.32. The predicted molar refractivity (Wildman–Crippen MR) is 67.9 cm³/mol. The van der Waals surface area contributed by atoms with Gasteiger partial charge in [-0.2, -0.15) is 0 Å². The van der Waals surface area contributed by atoms with Gasteiger partial charge in [0.2, 0.25) is 0 Å². The minimum Gasteiger partial charge on any atom is -0.466 e.